The number of aliphatic hydroxyl groups excluding tert-OH is 5. The number of nitrogens with one attached hydrogen (secondary N) is 1. The lowest BCUT2D eigenvalue weighted by molar-refractivity contribution is -0.123. The van der Waals surface area contributed by atoms with E-state index in [9.17, 15) is 20.1 Å². The van der Waals surface area contributed by atoms with Crippen molar-refractivity contribution in [2.24, 2.45) is 0 Å². The largest absolute Gasteiger partial charge is 0.394 e. The second-order valence-corrected chi connectivity index (χ2v) is 3.79. The molecule has 0 unspecified atom stereocenters. The number of rotatable bonds is 7. The molecule has 7 heteroatoms. The van der Waals surface area contributed by atoms with E-state index in [1.54, 1.807) is 0 Å². The highest BCUT2D eigenvalue weighted by atomic mass is 16.4. The summed E-state index contributed by atoms with van der Waals surface area (Å²) >= 11 is 0. The van der Waals surface area contributed by atoms with E-state index in [0.717, 1.165) is 0 Å². The zero-order chi connectivity index (χ0) is 13.6. The van der Waals surface area contributed by atoms with Gasteiger partial charge in [0.2, 0.25) is 5.91 Å². The van der Waals surface area contributed by atoms with Crippen LogP contribution in [0.5, 0.6) is 0 Å². The molecule has 0 radical (unpaired) electrons. The molecule has 17 heavy (non-hydrogen) atoms. The summed E-state index contributed by atoms with van der Waals surface area (Å²) in [6, 6.07) is 0. The molecular weight excluding hydrogens is 230 g/mol. The van der Waals surface area contributed by atoms with Crippen molar-refractivity contribution in [2.45, 2.75) is 31.3 Å². The number of hydrogen-bond donors (Lipinski definition) is 6. The van der Waals surface area contributed by atoms with Gasteiger partial charge in [0.05, 0.1) is 12.7 Å². The summed E-state index contributed by atoms with van der Waals surface area (Å²) < 4.78 is 0. The molecule has 4 atom stereocenters. The fraction of sp³-hybridized carbons (Fsp3) is 0.700. The zero-order valence-corrected chi connectivity index (χ0v) is 9.58. The first-order valence-electron chi connectivity index (χ1n) is 5.08. The molecule has 0 aliphatic carbocycles. The fourth-order valence-electron chi connectivity index (χ4n) is 1.03. The zero-order valence-electron chi connectivity index (χ0n) is 9.58. The Kier molecular flexibility index (Phi) is 6.93. The van der Waals surface area contributed by atoms with Gasteiger partial charge in [-0.3, -0.25) is 4.79 Å². The Morgan fingerprint density at radius 1 is 1.18 bits per heavy atom. The van der Waals surface area contributed by atoms with Crippen LogP contribution in [0.1, 0.15) is 6.92 Å². The van der Waals surface area contributed by atoms with Crippen molar-refractivity contribution in [2.75, 3.05) is 13.2 Å². The number of hydrogen-bond acceptors (Lipinski definition) is 6. The standard InChI is InChI=1S/C10H19NO6/c1-5(2)10(17)11-3-6(13)8(15)9(16)7(14)4-12/h6-9,12-16H,1,3-4H2,2H3,(H,11,17)/t6-,7+,8+,9+/m0/s1. The van der Waals surface area contributed by atoms with Crippen LogP contribution in [0, 0.1) is 0 Å². The summed E-state index contributed by atoms with van der Waals surface area (Å²) in [6.07, 6.45) is -6.40. The summed E-state index contributed by atoms with van der Waals surface area (Å²) in [7, 11) is 0. The van der Waals surface area contributed by atoms with Crippen molar-refractivity contribution in [1.29, 1.82) is 0 Å². The maximum absolute atomic E-state index is 11.1. The first-order valence-corrected chi connectivity index (χ1v) is 5.08. The molecular formula is C10H19NO6. The second kappa shape index (κ2) is 7.36. The molecule has 0 saturated carbocycles. The summed E-state index contributed by atoms with van der Waals surface area (Å²) in [5.41, 5.74) is 0.239. The first-order chi connectivity index (χ1) is 7.81. The molecule has 100 valence electrons. The van der Waals surface area contributed by atoms with Gasteiger partial charge in [-0.05, 0) is 6.92 Å². The van der Waals surface area contributed by atoms with Crippen molar-refractivity contribution in [3.05, 3.63) is 12.2 Å². The van der Waals surface area contributed by atoms with Crippen LogP contribution in [-0.4, -0.2) is 69.0 Å². The molecule has 0 aliphatic rings. The maximum atomic E-state index is 11.1. The van der Waals surface area contributed by atoms with Crippen molar-refractivity contribution in [3.63, 3.8) is 0 Å². The monoisotopic (exact) mass is 249 g/mol. The third-order valence-electron chi connectivity index (χ3n) is 2.18. The van der Waals surface area contributed by atoms with E-state index in [1.165, 1.54) is 6.92 Å². The molecule has 0 spiro atoms. The predicted octanol–water partition coefficient (Wildman–Crippen LogP) is -2.89. The smallest absolute Gasteiger partial charge is 0.246 e. The third-order valence-corrected chi connectivity index (χ3v) is 2.18. The summed E-state index contributed by atoms with van der Waals surface area (Å²) in [5, 5.41) is 47.9. The number of aliphatic hydroxyl groups is 5. The molecule has 0 fully saturated rings. The second-order valence-electron chi connectivity index (χ2n) is 3.79. The highest BCUT2D eigenvalue weighted by Gasteiger charge is 2.30. The topological polar surface area (TPSA) is 130 Å². The van der Waals surface area contributed by atoms with E-state index in [-0.39, 0.29) is 12.1 Å². The van der Waals surface area contributed by atoms with Crippen LogP contribution < -0.4 is 5.32 Å². The lowest BCUT2D eigenvalue weighted by Gasteiger charge is -2.25. The minimum Gasteiger partial charge on any atom is -0.394 e. The summed E-state index contributed by atoms with van der Waals surface area (Å²) in [6.45, 7) is 3.80. The van der Waals surface area contributed by atoms with Crippen molar-refractivity contribution in [1.82, 2.24) is 5.32 Å². The lowest BCUT2D eigenvalue weighted by Crippen LogP contribution is -2.49. The Balaban J connectivity index is 4.18. The summed E-state index contributed by atoms with van der Waals surface area (Å²) in [4.78, 5) is 11.1. The molecule has 6 N–H and O–H groups in total. The van der Waals surface area contributed by atoms with E-state index >= 15 is 0 Å². The van der Waals surface area contributed by atoms with Gasteiger partial charge in [0.25, 0.3) is 0 Å². The SMILES string of the molecule is C=C(C)C(=O)NC[C@H](O)[C@@H](O)[C@H](O)[C@H](O)CO. The van der Waals surface area contributed by atoms with Crippen molar-refractivity contribution in [3.8, 4) is 0 Å². The Labute approximate surface area is 99.0 Å². The molecule has 0 bridgehead atoms. The summed E-state index contributed by atoms with van der Waals surface area (Å²) in [5.74, 6) is -0.492. The molecule has 7 nitrogen and oxygen atoms in total. The Bertz CT molecular complexity index is 270. The van der Waals surface area contributed by atoms with E-state index in [4.69, 9.17) is 10.2 Å². The van der Waals surface area contributed by atoms with Crippen LogP contribution in [0.15, 0.2) is 12.2 Å². The molecule has 0 aromatic rings. The van der Waals surface area contributed by atoms with E-state index < -0.39 is 36.9 Å². The van der Waals surface area contributed by atoms with Gasteiger partial charge in [-0.2, -0.15) is 0 Å². The number of carbonyl (C=O) groups excluding carboxylic acids is 1. The highest BCUT2D eigenvalue weighted by Crippen LogP contribution is 2.04. The fourth-order valence-corrected chi connectivity index (χ4v) is 1.03. The maximum Gasteiger partial charge on any atom is 0.246 e. The van der Waals surface area contributed by atoms with E-state index in [1.807, 2.05) is 0 Å². The van der Waals surface area contributed by atoms with Gasteiger partial charge in [-0.15, -0.1) is 0 Å². The van der Waals surface area contributed by atoms with E-state index in [2.05, 4.69) is 11.9 Å². The molecule has 0 aromatic heterocycles. The molecule has 1 amide bonds. The average molecular weight is 249 g/mol. The minimum absolute atomic E-state index is 0.239. The van der Waals surface area contributed by atoms with Crippen molar-refractivity contribution >= 4 is 5.91 Å². The van der Waals surface area contributed by atoms with Gasteiger partial charge in [0.15, 0.2) is 0 Å². The highest BCUT2D eigenvalue weighted by molar-refractivity contribution is 5.92. The lowest BCUT2D eigenvalue weighted by atomic mass is 10.0. The van der Waals surface area contributed by atoms with Crippen LogP contribution >= 0.6 is 0 Å². The Morgan fingerprint density at radius 3 is 2.06 bits per heavy atom. The Hall–Kier alpha value is -0.990. The van der Waals surface area contributed by atoms with Crippen molar-refractivity contribution < 1.29 is 30.3 Å². The average Bonchev–Trinajstić information content (AvgIpc) is 2.32. The predicted molar refractivity (Wildman–Crippen MR) is 58.9 cm³/mol. The molecule has 0 rings (SSSR count). The van der Waals surface area contributed by atoms with Crippen LogP contribution in [0.4, 0.5) is 0 Å². The van der Waals surface area contributed by atoms with Gasteiger partial charge in [-0.1, -0.05) is 6.58 Å². The quantitative estimate of drug-likeness (QED) is 0.269. The number of carbonyl (C=O) groups is 1. The normalized spacial score (nSPS) is 18.0. The van der Waals surface area contributed by atoms with Gasteiger partial charge in [0.1, 0.15) is 18.3 Å². The molecule has 0 heterocycles. The first kappa shape index (κ1) is 16.0. The molecule has 0 aliphatic heterocycles. The van der Waals surface area contributed by atoms with Crippen LogP contribution in [0.2, 0.25) is 0 Å². The van der Waals surface area contributed by atoms with Crippen LogP contribution in [0.3, 0.4) is 0 Å². The Morgan fingerprint density at radius 2 is 1.65 bits per heavy atom. The minimum atomic E-state index is -1.70. The van der Waals surface area contributed by atoms with Gasteiger partial charge in [-0.25, -0.2) is 0 Å². The van der Waals surface area contributed by atoms with E-state index in [0.29, 0.717) is 0 Å². The van der Waals surface area contributed by atoms with Gasteiger partial charge in [0, 0.05) is 12.1 Å². The molecule has 0 aromatic carbocycles. The van der Waals surface area contributed by atoms with Gasteiger partial charge < -0.3 is 30.8 Å². The van der Waals surface area contributed by atoms with Crippen LogP contribution in [0.25, 0.3) is 0 Å². The number of amides is 1. The third kappa shape index (κ3) is 5.24. The molecule has 0 saturated heterocycles. The van der Waals surface area contributed by atoms with Gasteiger partial charge >= 0.3 is 0 Å². The van der Waals surface area contributed by atoms with Crippen LogP contribution in [-0.2, 0) is 4.79 Å².